The molecule has 1 aliphatic heterocycles. The highest BCUT2D eigenvalue weighted by Crippen LogP contribution is 2.34. The minimum Gasteiger partial charge on any atom is -0.340 e. The van der Waals surface area contributed by atoms with E-state index in [4.69, 9.17) is 0 Å². The maximum atomic E-state index is 13.2. The summed E-state index contributed by atoms with van der Waals surface area (Å²) in [4.78, 5) is 26.9. The summed E-state index contributed by atoms with van der Waals surface area (Å²) in [6.07, 6.45) is -3.68. The van der Waals surface area contributed by atoms with Gasteiger partial charge in [-0.25, -0.2) is 0 Å². The first-order chi connectivity index (χ1) is 11.2. The number of hydrogen-bond acceptors (Lipinski definition) is 3. The van der Waals surface area contributed by atoms with Gasteiger partial charge in [-0.05, 0) is 31.7 Å². The maximum absolute atomic E-state index is 13.2. The van der Waals surface area contributed by atoms with Crippen molar-refractivity contribution in [1.82, 2.24) is 10.2 Å². The fourth-order valence-electron chi connectivity index (χ4n) is 2.58. The fourth-order valence-corrected chi connectivity index (χ4v) is 2.58. The van der Waals surface area contributed by atoms with Crippen molar-refractivity contribution in [2.75, 3.05) is 38.6 Å². The molecule has 0 unspecified atom stereocenters. The van der Waals surface area contributed by atoms with Gasteiger partial charge in [-0.1, -0.05) is 0 Å². The van der Waals surface area contributed by atoms with Crippen LogP contribution in [0.15, 0.2) is 18.2 Å². The van der Waals surface area contributed by atoms with Gasteiger partial charge in [-0.3, -0.25) is 9.59 Å². The van der Waals surface area contributed by atoms with Crippen LogP contribution < -0.4 is 10.2 Å². The Bertz CT molecular complexity index is 638. The van der Waals surface area contributed by atoms with Gasteiger partial charge in [0.15, 0.2) is 0 Å². The Kier molecular flexibility index (Phi) is 7.25. The zero-order valence-electron chi connectivity index (χ0n) is 14.0. The van der Waals surface area contributed by atoms with E-state index in [0.29, 0.717) is 32.5 Å². The summed E-state index contributed by atoms with van der Waals surface area (Å²) in [5, 5.41) is 2.88. The van der Waals surface area contributed by atoms with E-state index in [9.17, 15) is 22.8 Å². The lowest BCUT2D eigenvalue weighted by atomic mass is 10.1. The quantitative estimate of drug-likeness (QED) is 0.855. The van der Waals surface area contributed by atoms with E-state index >= 15 is 0 Å². The molecule has 5 nitrogen and oxygen atoms in total. The first-order valence-corrected chi connectivity index (χ1v) is 7.66. The van der Waals surface area contributed by atoms with Gasteiger partial charge in [0.05, 0.1) is 5.56 Å². The number of halogens is 4. The third-order valence-corrected chi connectivity index (χ3v) is 3.92. The number of benzene rings is 1. The maximum Gasteiger partial charge on any atom is 0.416 e. The molecule has 1 aliphatic rings. The zero-order chi connectivity index (χ0) is 17.9. The molecule has 25 heavy (non-hydrogen) atoms. The van der Waals surface area contributed by atoms with Crippen LogP contribution in [0, 0.1) is 0 Å². The predicted molar refractivity (Wildman–Crippen MR) is 91.2 cm³/mol. The normalized spacial score (nSPS) is 14.4. The van der Waals surface area contributed by atoms with Crippen molar-refractivity contribution < 1.29 is 22.8 Å². The van der Waals surface area contributed by atoms with Crippen molar-refractivity contribution in [2.24, 2.45) is 0 Å². The lowest BCUT2D eigenvalue weighted by Gasteiger charge is -2.21. The largest absolute Gasteiger partial charge is 0.416 e. The van der Waals surface area contributed by atoms with Gasteiger partial charge in [0.25, 0.3) is 5.91 Å². The molecule has 1 aromatic rings. The number of likely N-dealkylation sites (N-methyl/N-ethyl adjacent to an activating group) is 2. The lowest BCUT2D eigenvalue weighted by molar-refractivity contribution is -0.137. The smallest absolute Gasteiger partial charge is 0.340 e. The SMILES string of the molecule is CNCCN(C)C(=O)c1cc(N2CCCC2=O)cc(C(F)(F)F)c1.Cl. The number of amides is 2. The van der Waals surface area contributed by atoms with Gasteiger partial charge in [0, 0.05) is 44.4 Å². The second-order valence-corrected chi connectivity index (χ2v) is 5.75. The molecule has 0 atom stereocenters. The number of alkyl halides is 3. The standard InChI is InChI=1S/C16H20F3N3O2.ClH/c1-20-5-7-21(2)15(24)11-8-12(16(17,18)19)10-13(9-11)22-6-3-4-14(22)23;/h8-10,20H,3-7H2,1-2H3;1H. The number of anilines is 1. The third-order valence-electron chi connectivity index (χ3n) is 3.92. The topological polar surface area (TPSA) is 52.7 Å². The van der Waals surface area contributed by atoms with Crippen molar-refractivity contribution in [3.63, 3.8) is 0 Å². The average Bonchev–Trinajstić information content (AvgIpc) is 2.96. The Morgan fingerprint density at radius 1 is 1.32 bits per heavy atom. The summed E-state index contributed by atoms with van der Waals surface area (Å²) in [6, 6.07) is 3.12. The van der Waals surface area contributed by atoms with E-state index in [1.807, 2.05) is 0 Å². The Balaban J connectivity index is 0.00000312. The third kappa shape index (κ3) is 5.09. The minimum atomic E-state index is -4.59. The molecule has 0 spiro atoms. The van der Waals surface area contributed by atoms with Gasteiger partial charge < -0.3 is 15.1 Å². The molecule has 1 N–H and O–H groups in total. The Labute approximate surface area is 150 Å². The first-order valence-electron chi connectivity index (χ1n) is 7.66. The number of carbonyl (C=O) groups is 2. The van der Waals surface area contributed by atoms with Crippen LogP contribution in [0.2, 0.25) is 0 Å². The van der Waals surface area contributed by atoms with E-state index in [1.165, 1.54) is 22.9 Å². The molecule has 1 aromatic carbocycles. The molecule has 9 heteroatoms. The summed E-state index contributed by atoms with van der Waals surface area (Å²) >= 11 is 0. The monoisotopic (exact) mass is 379 g/mol. The number of rotatable bonds is 5. The van der Waals surface area contributed by atoms with Gasteiger partial charge in [0.1, 0.15) is 0 Å². The first kappa shape index (κ1) is 21.2. The number of hydrogen-bond donors (Lipinski definition) is 1. The van der Waals surface area contributed by atoms with Crippen molar-refractivity contribution in [2.45, 2.75) is 19.0 Å². The molecule has 1 fully saturated rings. The second kappa shape index (κ2) is 8.53. The summed E-state index contributed by atoms with van der Waals surface area (Å²) in [6.45, 7) is 1.26. The molecule has 0 aliphatic carbocycles. The van der Waals surface area contributed by atoms with Crippen LogP contribution in [-0.4, -0.2) is 50.4 Å². The molecular formula is C16H21ClF3N3O2. The van der Waals surface area contributed by atoms with Crippen LogP contribution in [0.3, 0.4) is 0 Å². The van der Waals surface area contributed by atoms with Gasteiger partial charge in [-0.15, -0.1) is 12.4 Å². The van der Waals surface area contributed by atoms with Crippen molar-refractivity contribution in [3.05, 3.63) is 29.3 Å². The van der Waals surface area contributed by atoms with E-state index in [1.54, 1.807) is 7.05 Å². The zero-order valence-corrected chi connectivity index (χ0v) is 14.8. The van der Waals surface area contributed by atoms with E-state index in [-0.39, 0.29) is 29.6 Å². The van der Waals surface area contributed by atoms with E-state index in [0.717, 1.165) is 12.1 Å². The highest BCUT2D eigenvalue weighted by molar-refractivity contribution is 5.99. The molecular weight excluding hydrogens is 359 g/mol. The average molecular weight is 380 g/mol. The summed E-state index contributed by atoms with van der Waals surface area (Å²) in [7, 11) is 3.25. The molecule has 1 saturated heterocycles. The van der Waals surface area contributed by atoms with Crippen molar-refractivity contribution in [3.8, 4) is 0 Å². The summed E-state index contributed by atoms with van der Waals surface area (Å²) in [5.41, 5.74) is -0.874. The molecule has 2 rings (SSSR count). The van der Waals surface area contributed by atoms with E-state index < -0.39 is 17.6 Å². The van der Waals surface area contributed by atoms with Gasteiger partial charge in [0.2, 0.25) is 5.91 Å². The molecule has 0 aromatic heterocycles. The van der Waals surface area contributed by atoms with Crippen LogP contribution in [0.5, 0.6) is 0 Å². The van der Waals surface area contributed by atoms with Crippen LogP contribution in [-0.2, 0) is 11.0 Å². The Morgan fingerprint density at radius 2 is 2.00 bits per heavy atom. The second-order valence-electron chi connectivity index (χ2n) is 5.75. The number of carbonyl (C=O) groups excluding carboxylic acids is 2. The minimum absolute atomic E-state index is 0. The van der Waals surface area contributed by atoms with Gasteiger partial charge in [-0.2, -0.15) is 13.2 Å². The Morgan fingerprint density at radius 3 is 2.52 bits per heavy atom. The molecule has 140 valence electrons. The molecule has 2 amide bonds. The Hall–Kier alpha value is -1.80. The van der Waals surface area contributed by atoms with Crippen LogP contribution in [0.25, 0.3) is 0 Å². The molecule has 0 bridgehead atoms. The molecule has 1 heterocycles. The molecule has 0 saturated carbocycles. The van der Waals surface area contributed by atoms with Crippen molar-refractivity contribution >= 4 is 29.9 Å². The summed E-state index contributed by atoms with van der Waals surface area (Å²) in [5.74, 6) is -0.736. The number of nitrogens with one attached hydrogen (secondary N) is 1. The molecule has 0 radical (unpaired) electrons. The van der Waals surface area contributed by atoms with Crippen LogP contribution in [0.1, 0.15) is 28.8 Å². The highest BCUT2D eigenvalue weighted by Gasteiger charge is 2.33. The predicted octanol–water partition coefficient (Wildman–Crippen LogP) is 2.55. The highest BCUT2D eigenvalue weighted by atomic mass is 35.5. The summed E-state index contributed by atoms with van der Waals surface area (Å²) < 4.78 is 39.5. The number of nitrogens with zero attached hydrogens (tertiary/aromatic N) is 2. The van der Waals surface area contributed by atoms with Crippen molar-refractivity contribution in [1.29, 1.82) is 0 Å². The van der Waals surface area contributed by atoms with E-state index in [2.05, 4.69) is 5.32 Å². The lowest BCUT2D eigenvalue weighted by Crippen LogP contribution is -2.33. The van der Waals surface area contributed by atoms with Crippen LogP contribution >= 0.6 is 12.4 Å². The fraction of sp³-hybridized carbons (Fsp3) is 0.500. The van der Waals surface area contributed by atoms with Crippen LogP contribution in [0.4, 0.5) is 18.9 Å². The van der Waals surface area contributed by atoms with Gasteiger partial charge >= 0.3 is 6.18 Å².